The lowest BCUT2D eigenvalue weighted by atomic mass is 10.1. The molecule has 0 radical (unpaired) electrons. The third-order valence-electron chi connectivity index (χ3n) is 4.31. The van der Waals surface area contributed by atoms with Crippen LogP contribution < -0.4 is 14.8 Å². The molecule has 1 aliphatic heterocycles. The molecule has 0 saturated carbocycles. The first-order valence-electron chi connectivity index (χ1n) is 9.89. The van der Waals surface area contributed by atoms with Gasteiger partial charge in [-0.3, -0.25) is 19.8 Å². The van der Waals surface area contributed by atoms with Gasteiger partial charge in [0, 0.05) is 0 Å². The fourth-order valence-corrected chi connectivity index (χ4v) is 2.90. The van der Waals surface area contributed by atoms with Gasteiger partial charge >= 0.3 is 12.0 Å². The molecule has 10 nitrogen and oxygen atoms in total. The van der Waals surface area contributed by atoms with Gasteiger partial charge in [0.25, 0.3) is 11.8 Å². The van der Waals surface area contributed by atoms with Crippen LogP contribution in [0.1, 0.15) is 25.2 Å². The molecular weight excluding hydrogens is 420 g/mol. The van der Waals surface area contributed by atoms with Crippen molar-refractivity contribution in [2.45, 2.75) is 20.4 Å². The molecule has 1 aromatic carbocycles. The number of imide groups is 2. The molecule has 0 bridgehead atoms. The Balaban J connectivity index is 1.83. The van der Waals surface area contributed by atoms with E-state index in [1.54, 1.807) is 44.2 Å². The SMILES string of the molecule is CCOC(=O)COc1ccc(/C=C2\C(=O)NC(=O)N(Cc3ccco3)C2=O)cc1OCC. The Morgan fingerprint density at radius 1 is 1.09 bits per heavy atom. The van der Waals surface area contributed by atoms with Gasteiger partial charge in [0.15, 0.2) is 18.1 Å². The second kappa shape index (κ2) is 10.3. The van der Waals surface area contributed by atoms with Crippen molar-refractivity contribution in [3.63, 3.8) is 0 Å². The van der Waals surface area contributed by atoms with Gasteiger partial charge in [-0.1, -0.05) is 6.07 Å². The maximum absolute atomic E-state index is 12.8. The van der Waals surface area contributed by atoms with Crippen molar-refractivity contribution in [2.75, 3.05) is 19.8 Å². The number of benzene rings is 1. The highest BCUT2D eigenvalue weighted by atomic mass is 16.6. The first-order chi connectivity index (χ1) is 15.4. The van der Waals surface area contributed by atoms with Crippen LogP contribution in [0, 0.1) is 0 Å². The van der Waals surface area contributed by atoms with Gasteiger partial charge < -0.3 is 18.6 Å². The van der Waals surface area contributed by atoms with Crippen molar-refractivity contribution in [3.8, 4) is 11.5 Å². The zero-order valence-corrected chi connectivity index (χ0v) is 17.6. The first-order valence-corrected chi connectivity index (χ1v) is 9.89. The largest absolute Gasteiger partial charge is 0.490 e. The van der Waals surface area contributed by atoms with E-state index in [0.29, 0.717) is 29.4 Å². The Labute approximate surface area is 183 Å². The number of carbonyl (C=O) groups excluding carboxylic acids is 4. The molecule has 4 amide bonds. The highest BCUT2D eigenvalue weighted by Crippen LogP contribution is 2.30. The summed E-state index contributed by atoms with van der Waals surface area (Å²) >= 11 is 0. The fourth-order valence-electron chi connectivity index (χ4n) is 2.90. The van der Waals surface area contributed by atoms with Crippen LogP contribution in [0.15, 0.2) is 46.6 Å². The molecule has 1 N–H and O–H groups in total. The Kier molecular flexibility index (Phi) is 7.27. The molecular formula is C22H22N2O8. The second-order valence-corrected chi connectivity index (χ2v) is 6.52. The van der Waals surface area contributed by atoms with Gasteiger partial charge in [0.2, 0.25) is 0 Å². The number of nitrogens with one attached hydrogen (secondary N) is 1. The number of hydrogen-bond acceptors (Lipinski definition) is 8. The highest BCUT2D eigenvalue weighted by molar-refractivity contribution is 6.30. The van der Waals surface area contributed by atoms with Crippen LogP contribution in [0.2, 0.25) is 0 Å². The van der Waals surface area contributed by atoms with Gasteiger partial charge in [-0.15, -0.1) is 0 Å². The van der Waals surface area contributed by atoms with Crippen LogP contribution in [0.25, 0.3) is 6.08 Å². The summed E-state index contributed by atoms with van der Waals surface area (Å²) in [4.78, 5) is 49.7. The van der Waals surface area contributed by atoms with Gasteiger partial charge in [-0.2, -0.15) is 0 Å². The minimum Gasteiger partial charge on any atom is -0.490 e. The van der Waals surface area contributed by atoms with E-state index in [1.807, 2.05) is 0 Å². The number of nitrogens with zero attached hydrogens (tertiary/aromatic N) is 1. The number of urea groups is 1. The van der Waals surface area contributed by atoms with E-state index < -0.39 is 23.8 Å². The number of carbonyl (C=O) groups is 4. The van der Waals surface area contributed by atoms with E-state index >= 15 is 0 Å². The predicted molar refractivity (Wildman–Crippen MR) is 111 cm³/mol. The summed E-state index contributed by atoms with van der Waals surface area (Å²) in [5.74, 6) is -1.07. The van der Waals surface area contributed by atoms with E-state index in [4.69, 9.17) is 18.6 Å². The van der Waals surface area contributed by atoms with Gasteiger partial charge in [0.05, 0.1) is 26.0 Å². The highest BCUT2D eigenvalue weighted by Gasteiger charge is 2.36. The molecule has 2 aromatic rings. The first kappa shape index (κ1) is 22.6. The van der Waals surface area contributed by atoms with Crippen molar-refractivity contribution < 1.29 is 37.8 Å². The molecule has 32 heavy (non-hydrogen) atoms. The molecule has 3 rings (SSSR count). The van der Waals surface area contributed by atoms with Crippen molar-refractivity contribution >= 4 is 29.9 Å². The Bertz CT molecular complexity index is 1040. The van der Waals surface area contributed by atoms with Gasteiger partial charge in [0.1, 0.15) is 11.3 Å². The number of rotatable bonds is 9. The van der Waals surface area contributed by atoms with Crippen LogP contribution in [0.3, 0.4) is 0 Å². The van der Waals surface area contributed by atoms with Gasteiger partial charge in [-0.05, 0) is 49.8 Å². The lowest BCUT2D eigenvalue weighted by molar-refractivity contribution is -0.145. The smallest absolute Gasteiger partial charge is 0.344 e. The molecule has 168 valence electrons. The molecule has 0 atom stereocenters. The lowest BCUT2D eigenvalue weighted by Crippen LogP contribution is -2.53. The summed E-state index contributed by atoms with van der Waals surface area (Å²) in [5, 5.41) is 2.15. The maximum atomic E-state index is 12.8. The molecule has 1 aromatic heterocycles. The summed E-state index contributed by atoms with van der Waals surface area (Å²) < 4.78 is 21.0. The summed E-state index contributed by atoms with van der Waals surface area (Å²) in [5.41, 5.74) is 0.238. The molecule has 2 heterocycles. The van der Waals surface area contributed by atoms with Crippen molar-refractivity contribution in [2.24, 2.45) is 0 Å². The summed E-state index contributed by atoms with van der Waals surface area (Å²) in [6, 6.07) is 7.11. The van der Waals surface area contributed by atoms with Crippen LogP contribution in [0.5, 0.6) is 11.5 Å². The Morgan fingerprint density at radius 3 is 2.59 bits per heavy atom. The molecule has 1 saturated heterocycles. The van der Waals surface area contributed by atoms with E-state index in [1.165, 1.54) is 12.3 Å². The van der Waals surface area contributed by atoms with Crippen molar-refractivity contribution in [3.05, 3.63) is 53.5 Å². The molecule has 10 heteroatoms. The quantitative estimate of drug-likeness (QED) is 0.356. The van der Waals surface area contributed by atoms with Crippen LogP contribution in [-0.4, -0.2) is 48.5 Å². The van der Waals surface area contributed by atoms with Crippen LogP contribution in [-0.2, 0) is 25.7 Å². The molecule has 0 spiro atoms. The maximum Gasteiger partial charge on any atom is 0.344 e. The predicted octanol–water partition coefficient (Wildman–Crippen LogP) is 2.28. The van der Waals surface area contributed by atoms with E-state index in [-0.39, 0.29) is 25.3 Å². The van der Waals surface area contributed by atoms with Crippen molar-refractivity contribution in [1.29, 1.82) is 0 Å². The molecule has 0 aliphatic carbocycles. The number of hydrogen-bond donors (Lipinski definition) is 1. The number of furan rings is 1. The summed E-state index contributed by atoms with van der Waals surface area (Å²) in [6.07, 6.45) is 2.77. The van der Waals surface area contributed by atoms with Crippen molar-refractivity contribution in [1.82, 2.24) is 10.2 Å². The third kappa shape index (κ3) is 5.34. The normalized spacial score (nSPS) is 15.0. The second-order valence-electron chi connectivity index (χ2n) is 6.52. The van der Waals surface area contributed by atoms with E-state index in [2.05, 4.69) is 5.32 Å². The van der Waals surface area contributed by atoms with Crippen LogP contribution in [0.4, 0.5) is 4.79 Å². The van der Waals surface area contributed by atoms with E-state index in [9.17, 15) is 19.2 Å². The number of barbiturate groups is 1. The molecule has 0 unspecified atom stereocenters. The fraction of sp³-hybridized carbons (Fsp3) is 0.273. The van der Waals surface area contributed by atoms with E-state index in [0.717, 1.165) is 4.90 Å². The molecule has 1 fully saturated rings. The summed E-state index contributed by atoms with van der Waals surface area (Å²) in [7, 11) is 0. The number of esters is 1. The van der Waals surface area contributed by atoms with Crippen LogP contribution >= 0.6 is 0 Å². The standard InChI is InChI=1S/C22H22N2O8/c1-3-29-18-11-14(7-8-17(18)32-13-19(25)30-4-2)10-16-20(26)23-22(28)24(21(16)27)12-15-6-5-9-31-15/h5-11H,3-4,12-13H2,1-2H3,(H,23,26,28)/b16-10+. The average Bonchev–Trinajstić information content (AvgIpc) is 3.27. The molecule has 1 aliphatic rings. The number of ether oxygens (including phenoxy) is 3. The zero-order chi connectivity index (χ0) is 23.1. The Hall–Kier alpha value is -4.08. The van der Waals surface area contributed by atoms with Gasteiger partial charge in [-0.25, -0.2) is 9.59 Å². The third-order valence-corrected chi connectivity index (χ3v) is 4.31. The topological polar surface area (TPSA) is 124 Å². The minimum absolute atomic E-state index is 0.118. The monoisotopic (exact) mass is 442 g/mol. The Morgan fingerprint density at radius 2 is 1.91 bits per heavy atom. The lowest BCUT2D eigenvalue weighted by Gasteiger charge is -2.25. The zero-order valence-electron chi connectivity index (χ0n) is 17.6. The average molecular weight is 442 g/mol. The minimum atomic E-state index is -0.828. The summed E-state index contributed by atoms with van der Waals surface area (Å²) in [6.45, 7) is 3.61. The number of amides is 4.